The lowest BCUT2D eigenvalue weighted by Crippen LogP contribution is -1.84. The van der Waals surface area contributed by atoms with Crippen LogP contribution < -0.4 is 0 Å². The number of furan rings is 1. The Kier molecular flexibility index (Phi) is 2.85. The Morgan fingerprint density at radius 2 is 1.30 bits per heavy atom. The van der Waals surface area contributed by atoms with E-state index < -0.39 is 0 Å². The first-order chi connectivity index (χ1) is 11.2. The molecular formula is C20H10Br2O. The van der Waals surface area contributed by atoms with Crippen LogP contribution in [0.3, 0.4) is 0 Å². The number of hydrogen-bond donors (Lipinski definition) is 0. The maximum absolute atomic E-state index is 5.54. The SMILES string of the molecule is Brc1ccc2c(c1)c1cocc1c1cc(Br)c3ccccc3c21. The van der Waals surface area contributed by atoms with E-state index in [9.17, 15) is 0 Å². The molecule has 110 valence electrons. The van der Waals surface area contributed by atoms with Gasteiger partial charge in [0.2, 0.25) is 0 Å². The van der Waals surface area contributed by atoms with Crippen LogP contribution in [0.15, 0.2) is 74.4 Å². The maximum atomic E-state index is 5.54. The van der Waals surface area contributed by atoms with Crippen LogP contribution in [0, 0.1) is 0 Å². The summed E-state index contributed by atoms with van der Waals surface area (Å²) in [5.74, 6) is 0. The fraction of sp³-hybridized carbons (Fsp3) is 0. The number of halogens is 2. The van der Waals surface area contributed by atoms with E-state index in [1.807, 2.05) is 12.5 Å². The van der Waals surface area contributed by atoms with Gasteiger partial charge in [0.1, 0.15) is 0 Å². The summed E-state index contributed by atoms with van der Waals surface area (Å²) in [5, 5.41) is 9.74. The first-order valence-corrected chi connectivity index (χ1v) is 8.91. The molecule has 0 unspecified atom stereocenters. The third-order valence-corrected chi connectivity index (χ3v) is 5.64. The van der Waals surface area contributed by atoms with Crippen LogP contribution >= 0.6 is 31.9 Å². The van der Waals surface area contributed by atoms with E-state index in [0.717, 1.165) is 19.7 Å². The predicted octanol–water partition coefficient (Wildman–Crippen LogP) is 7.42. The predicted molar refractivity (Wildman–Crippen MR) is 104 cm³/mol. The molecular weight excluding hydrogens is 416 g/mol. The molecule has 0 fully saturated rings. The first kappa shape index (κ1) is 13.6. The van der Waals surface area contributed by atoms with Crippen molar-refractivity contribution in [1.29, 1.82) is 0 Å². The van der Waals surface area contributed by atoms with Crippen molar-refractivity contribution in [2.75, 3.05) is 0 Å². The van der Waals surface area contributed by atoms with Gasteiger partial charge in [0.15, 0.2) is 0 Å². The van der Waals surface area contributed by atoms with Crippen molar-refractivity contribution in [1.82, 2.24) is 0 Å². The monoisotopic (exact) mass is 424 g/mol. The molecule has 1 heterocycles. The molecule has 4 aromatic carbocycles. The maximum Gasteiger partial charge on any atom is 0.0987 e. The van der Waals surface area contributed by atoms with Gasteiger partial charge in [0, 0.05) is 19.7 Å². The molecule has 0 aliphatic rings. The number of benzene rings is 4. The summed E-state index contributed by atoms with van der Waals surface area (Å²) in [6.45, 7) is 0. The molecule has 23 heavy (non-hydrogen) atoms. The second-order valence-electron chi connectivity index (χ2n) is 5.72. The second kappa shape index (κ2) is 4.83. The topological polar surface area (TPSA) is 13.1 Å². The Morgan fingerprint density at radius 3 is 2.13 bits per heavy atom. The van der Waals surface area contributed by atoms with Crippen LogP contribution in [0.2, 0.25) is 0 Å². The third kappa shape index (κ3) is 1.84. The van der Waals surface area contributed by atoms with Crippen LogP contribution in [0.5, 0.6) is 0 Å². The first-order valence-electron chi connectivity index (χ1n) is 7.32. The van der Waals surface area contributed by atoms with Crippen molar-refractivity contribution >= 4 is 74.9 Å². The molecule has 0 aliphatic heterocycles. The normalized spacial score (nSPS) is 11.9. The summed E-state index contributed by atoms with van der Waals surface area (Å²) < 4.78 is 7.73. The fourth-order valence-corrected chi connectivity index (χ4v) is 4.44. The molecule has 3 heteroatoms. The van der Waals surface area contributed by atoms with Gasteiger partial charge in [0.25, 0.3) is 0 Å². The van der Waals surface area contributed by atoms with Gasteiger partial charge in [-0.1, -0.05) is 62.2 Å². The Hall–Kier alpha value is -1.84. The molecule has 5 rings (SSSR count). The quantitative estimate of drug-likeness (QED) is 0.235. The average molecular weight is 426 g/mol. The van der Waals surface area contributed by atoms with E-state index in [4.69, 9.17) is 4.42 Å². The van der Waals surface area contributed by atoms with Crippen molar-refractivity contribution in [3.8, 4) is 0 Å². The minimum atomic E-state index is 1.08. The van der Waals surface area contributed by atoms with Crippen LogP contribution in [0.1, 0.15) is 0 Å². The molecule has 0 bridgehead atoms. The fourth-order valence-electron chi connectivity index (χ4n) is 3.51. The zero-order valence-electron chi connectivity index (χ0n) is 11.9. The van der Waals surface area contributed by atoms with E-state index in [1.54, 1.807) is 0 Å². The molecule has 0 saturated carbocycles. The van der Waals surface area contributed by atoms with Gasteiger partial charge >= 0.3 is 0 Å². The lowest BCUT2D eigenvalue weighted by Gasteiger charge is -2.11. The summed E-state index contributed by atoms with van der Waals surface area (Å²) >= 11 is 7.32. The standard InChI is InChI=1S/C20H10Br2O/c21-11-5-6-14-15(7-11)17-9-23-10-18(17)16-8-19(22)12-3-1-2-4-13(12)20(14)16/h1-10H. The average Bonchev–Trinajstić information content (AvgIpc) is 3.05. The number of rotatable bonds is 0. The molecule has 0 spiro atoms. The highest BCUT2D eigenvalue weighted by Gasteiger charge is 2.14. The zero-order valence-corrected chi connectivity index (χ0v) is 15.1. The second-order valence-corrected chi connectivity index (χ2v) is 7.49. The molecule has 1 nitrogen and oxygen atoms in total. The van der Waals surface area contributed by atoms with Crippen molar-refractivity contribution in [3.05, 3.63) is 70.0 Å². The van der Waals surface area contributed by atoms with Gasteiger partial charge in [-0.15, -0.1) is 0 Å². The Bertz CT molecular complexity index is 1230. The molecule has 0 atom stereocenters. The lowest BCUT2D eigenvalue weighted by molar-refractivity contribution is 0.573. The van der Waals surface area contributed by atoms with Crippen molar-refractivity contribution in [2.24, 2.45) is 0 Å². The Labute approximate surface area is 149 Å². The molecule has 0 radical (unpaired) electrons. The lowest BCUT2D eigenvalue weighted by atomic mass is 9.93. The molecule has 0 aliphatic carbocycles. The van der Waals surface area contributed by atoms with Crippen molar-refractivity contribution < 1.29 is 4.42 Å². The minimum absolute atomic E-state index is 1.08. The van der Waals surface area contributed by atoms with Gasteiger partial charge in [-0.2, -0.15) is 0 Å². The van der Waals surface area contributed by atoms with Gasteiger partial charge in [0.05, 0.1) is 12.5 Å². The Balaban J connectivity index is 2.23. The molecule has 0 amide bonds. The minimum Gasteiger partial charge on any atom is -0.471 e. The Morgan fingerprint density at radius 1 is 0.609 bits per heavy atom. The zero-order chi connectivity index (χ0) is 15.6. The van der Waals surface area contributed by atoms with Crippen LogP contribution in [0.4, 0.5) is 0 Å². The molecule has 0 saturated heterocycles. The largest absolute Gasteiger partial charge is 0.471 e. The van der Waals surface area contributed by atoms with Gasteiger partial charge < -0.3 is 4.42 Å². The van der Waals surface area contributed by atoms with Crippen molar-refractivity contribution in [3.63, 3.8) is 0 Å². The third-order valence-electron chi connectivity index (χ3n) is 4.49. The summed E-state index contributed by atoms with van der Waals surface area (Å²) in [6, 6.07) is 17.2. The van der Waals surface area contributed by atoms with Gasteiger partial charge in [-0.3, -0.25) is 0 Å². The van der Waals surface area contributed by atoms with Crippen molar-refractivity contribution in [2.45, 2.75) is 0 Å². The summed E-state index contributed by atoms with van der Waals surface area (Å²) in [7, 11) is 0. The van der Waals surface area contributed by atoms with E-state index >= 15 is 0 Å². The van der Waals surface area contributed by atoms with E-state index in [1.165, 1.54) is 32.3 Å². The van der Waals surface area contributed by atoms with Gasteiger partial charge in [-0.05, 0) is 50.5 Å². The van der Waals surface area contributed by atoms with E-state index in [-0.39, 0.29) is 0 Å². The molecule has 0 N–H and O–H groups in total. The smallest absolute Gasteiger partial charge is 0.0987 e. The summed E-state index contributed by atoms with van der Waals surface area (Å²) in [4.78, 5) is 0. The highest BCUT2D eigenvalue weighted by Crippen LogP contribution is 2.42. The number of fused-ring (bicyclic) bond motifs is 8. The number of hydrogen-bond acceptors (Lipinski definition) is 1. The summed E-state index contributed by atoms with van der Waals surface area (Å²) in [6.07, 6.45) is 3.69. The highest BCUT2D eigenvalue weighted by atomic mass is 79.9. The van der Waals surface area contributed by atoms with Crippen LogP contribution in [-0.4, -0.2) is 0 Å². The van der Waals surface area contributed by atoms with Crippen LogP contribution in [-0.2, 0) is 0 Å². The van der Waals surface area contributed by atoms with E-state index in [2.05, 4.69) is 80.4 Å². The van der Waals surface area contributed by atoms with E-state index in [0.29, 0.717) is 0 Å². The van der Waals surface area contributed by atoms with Crippen LogP contribution in [0.25, 0.3) is 43.1 Å². The molecule has 5 aromatic rings. The van der Waals surface area contributed by atoms with Gasteiger partial charge in [-0.25, -0.2) is 0 Å². The highest BCUT2D eigenvalue weighted by molar-refractivity contribution is 9.11. The summed E-state index contributed by atoms with van der Waals surface area (Å²) in [5.41, 5.74) is 0. The molecule has 1 aromatic heterocycles.